The van der Waals surface area contributed by atoms with Gasteiger partial charge in [-0.2, -0.15) is 0 Å². The van der Waals surface area contributed by atoms with Crippen LogP contribution >= 0.6 is 0 Å². The number of hydrogen-bond acceptors (Lipinski definition) is 2. The van der Waals surface area contributed by atoms with Gasteiger partial charge in [0.2, 0.25) is 0 Å². The zero-order valence-electron chi connectivity index (χ0n) is 8.34. The maximum absolute atomic E-state index is 11.3. The van der Waals surface area contributed by atoms with Gasteiger partial charge in [0.25, 0.3) is 0 Å². The molecule has 0 aliphatic carbocycles. The zero-order chi connectivity index (χ0) is 9.56. The summed E-state index contributed by atoms with van der Waals surface area (Å²) in [5, 5.41) is 0. The van der Waals surface area contributed by atoms with Crippen molar-refractivity contribution in [3.05, 3.63) is 0 Å². The molecule has 0 N–H and O–H groups in total. The second-order valence-corrected chi connectivity index (χ2v) is 2.98. The van der Waals surface area contributed by atoms with E-state index in [0.717, 1.165) is 19.4 Å². The topological polar surface area (TPSA) is 20.3 Å². The van der Waals surface area contributed by atoms with E-state index in [1.165, 1.54) is 0 Å². The van der Waals surface area contributed by atoms with Gasteiger partial charge in [-0.15, -0.1) is 0 Å². The molecule has 12 heavy (non-hydrogen) atoms. The molecule has 0 spiro atoms. The SMILES string of the molecule is [B]N(CCC)C(CC)C(=O)CC. The summed E-state index contributed by atoms with van der Waals surface area (Å²) in [7, 11) is 5.73. The summed E-state index contributed by atoms with van der Waals surface area (Å²) >= 11 is 0. The van der Waals surface area contributed by atoms with Gasteiger partial charge >= 0.3 is 0 Å². The number of nitrogens with zero attached hydrogens (tertiary/aromatic N) is 1. The molecule has 1 atom stereocenters. The highest BCUT2D eigenvalue weighted by molar-refractivity contribution is 6.06. The lowest BCUT2D eigenvalue weighted by Crippen LogP contribution is -2.39. The first-order chi connectivity index (χ1) is 5.67. The standard InChI is InChI=1S/C9H18BNO/c1-4-7-11(10)8(5-2)9(12)6-3/h8H,4-7H2,1-3H3. The second kappa shape index (κ2) is 6.24. The van der Waals surface area contributed by atoms with Crippen molar-refractivity contribution in [2.45, 2.75) is 46.1 Å². The molecule has 0 bridgehead atoms. The highest BCUT2D eigenvalue weighted by atomic mass is 16.1. The molecule has 3 heteroatoms. The van der Waals surface area contributed by atoms with Gasteiger partial charge in [0.1, 0.15) is 5.78 Å². The van der Waals surface area contributed by atoms with E-state index >= 15 is 0 Å². The van der Waals surface area contributed by atoms with E-state index in [-0.39, 0.29) is 11.8 Å². The fourth-order valence-electron chi connectivity index (χ4n) is 1.30. The Morgan fingerprint density at radius 2 is 2.00 bits per heavy atom. The maximum Gasteiger partial charge on any atom is 0.183 e. The number of rotatable bonds is 6. The molecule has 0 aromatic carbocycles. The van der Waals surface area contributed by atoms with Gasteiger partial charge in [0, 0.05) is 6.42 Å². The fourth-order valence-corrected chi connectivity index (χ4v) is 1.30. The molecule has 0 fully saturated rings. The first kappa shape index (κ1) is 11.7. The van der Waals surface area contributed by atoms with E-state index in [9.17, 15) is 4.79 Å². The van der Waals surface area contributed by atoms with Crippen molar-refractivity contribution in [1.29, 1.82) is 0 Å². The molecular formula is C9H18BNO. The lowest BCUT2D eigenvalue weighted by molar-refractivity contribution is -0.122. The smallest absolute Gasteiger partial charge is 0.183 e. The van der Waals surface area contributed by atoms with Gasteiger partial charge in [0.15, 0.2) is 7.98 Å². The fraction of sp³-hybridized carbons (Fsp3) is 0.889. The van der Waals surface area contributed by atoms with Gasteiger partial charge in [-0.05, 0) is 19.4 Å². The number of carbonyl (C=O) groups is 1. The predicted octanol–water partition coefficient (Wildman–Crippen LogP) is 1.54. The third-order valence-electron chi connectivity index (χ3n) is 1.99. The van der Waals surface area contributed by atoms with E-state index < -0.39 is 0 Å². The Hall–Kier alpha value is -0.305. The van der Waals surface area contributed by atoms with Crippen molar-refractivity contribution in [2.24, 2.45) is 0 Å². The summed E-state index contributed by atoms with van der Waals surface area (Å²) in [6.45, 7) is 6.73. The van der Waals surface area contributed by atoms with E-state index in [4.69, 9.17) is 7.98 Å². The van der Waals surface area contributed by atoms with E-state index in [0.29, 0.717) is 6.42 Å². The lowest BCUT2D eigenvalue weighted by Gasteiger charge is -2.25. The highest BCUT2D eigenvalue weighted by Gasteiger charge is 2.17. The van der Waals surface area contributed by atoms with Gasteiger partial charge in [-0.3, -0.25) is 4.79 Å². The molecule has 0 heterocycles. The summed E-state index contributed by atoms with van der Waals surface area (Å²) in [4.78, 5) is 13.0. The average Bonchev–Trinajstić information content (AvgIpc) is 2.06. The summed E-state index contributed by atoms with van der Waals surface area (Å²) in [6.07, 6.45) is 2.38. The lowest BCUT2D eigenvalue weighted by atomic mass is 10.0. The molecule has 0 aromatic heterocycles. The molecule has 0 aliphatic rings. The number of carbonyl (C=O) groups excluding carboxylic acids is 1. The molecule has 0 amide bonds. The van der Waals surface area contributed by atoms with Crippen LogP contribution in [0, 0.1) is 0 Å². The van der Waals surface area contributed by atoms with Crippen LogP contribution < -0.4 is 0 Å². The molecule has 0 aliphatic heterocycles. The van der Waals surface area contributed by atoms with E-state index in [1.807, 2.05) is 13.8 Å². The van der Waals surface area contributed by atoms with Crippen molar-refractivity contribution in [2.75, 3.05) is 6.54 Å². The molecule has 0 rings (SSSR count). The number of Topliss-reactive ketones (excluding diaryl/α,β-unsaturated/α-hetero) is 1. The molecule has 0 saturated carbocycles. The van der Waals surface area contributed by atoms with Crippen LogP contribution in [0.2, 0.25) is 0 Å². The third kappa shape index (κ3) is 3.39. The van der Waals surface area contributed by atoms with Crippen LogP contribution in [0.1, 0.15) is 40.0 Å². The minimum absolute atomic E-state index is 0.0741. The molecule has 0 aromatic rings. The van der Waals surface area contributed by atoms with E-state index in [2.05, 4.69) is 6.92 Å². The average molecular weight is 167 g/mol. The Morgan fingerprint density at radius 3 is 2.33 bits per heavy atom. The molecule has 2 nitrogen and oxygen atoms in total. The number of hydrogen-bond donors (Lipinski definition) is 0. The summed E-state index contributed by atoms with van der Waals surface area (Å²) < 4.78 is 0. The Labute approximate surface area is 76.8 Å². The van der Waals surface area contributed by atoms with Crippen LogP contribution in [-0.2, 0) is 4.79 Å². The Balaban J connectivity index is 4.03. The second-order valence-electron chi connectivity index (χ2n) is 2.98. The first-order valence-electron chi connectivity index (χ1n) is 4.71. The molecule has 0 saturated heterocycles. The Bertz CT molecular complexity index is 138. The van der Waals surface area contributed by atoms with Crippen molar-refractivity contribution < 1.29 is 4.79 Å². The van der Waals surface area contributed by atoms with Crippen LogP contribution in [0.4, 0.5) is 0 Å². The van der Waals surface area contributed by atoms with Gasteiger partial charge in [-0.1, -0.05) is 20.8 Å². The van der Waals surface area contributed by atoms with Crippen LogP contribution in [0.25, 0.3) is 0 Å². The predicted molar refractivity (Wildman–Crippen MR) is 52.1 cm³/mol. The number of ketones is 1. The Morgan fingerprint density at radius 1 is 1.42 bits per heavy atom. The van der Waals surface area contributed by atoms with Gasteiger partial charge in [-0.25, -0.2) is 0 Å². The normalized spacial score (nSPS) is 13.3. The van der Waals surface area contributed by atoms with Gasteiger partial charge in [0.05, 0.1) is 6.04 Å². The minimum Gasteiger partial charge on any atom is -0.345 e. The first-order valence-corrected chi connectivity index (χ1v) is 4.71. The molecule has 1 unspecified atom stereocenters. The van der Waals surface area contributed by atoms with Crippen molar-refractivity contribution in [3.8, 4) is 0 Å². The third-order valence-corrected chi connectivity index (χ3v) is 1.99. The zero-order valence-corrected chi connectivity index (χ0v) is 8.34. The summed E-state index contributed by atoms with van der Waals surface area (Å²) in [6, 6.07) is -0.0741. The molecular weight excluding hydrogens is 149 g/mol. The maximum atomic E-state index is 11.3. The van der Waals surface area contributed by atoms with E-state index in [1.54, 1.807) is 4.81 Å². The van der Waals surface area contributed by atoms with Crippen molar-refractivity contribution in [1.82, 2.24) is 4.81 Å². The monoisotopic (exact) mass is 167 g/mol. The molecule has 2 radical (unpaired) electrons. The van der Waals surface area contributed by atoms with Gasteiger partial charge < -0.3 is 4.81 Å². The van der Waals surface area contributed by atoms with Crippen LogP contribution in [0.15, 0.2) is 0 Å². The highest BCUT2D eigenvalue weighted by Crippen LogP contribution is 2.05. The largest absolute Gasteiger partial charge is 0.345 e. The molecule has 68 valence electrons. The summed E-state index contributed by atoms with van der Waals surface area (Å²) in [5.41, 5.74) is 0. The minimum atomic E-state index is -0.0741. The van der Waals surface area contributed by atoms with Crippen molar-refractivity contribution in [3.63, 3.8) is 0 Å². The quantitative estimate of drug-likeness (QED) is 0.559. The van der Waals surface area contributed by atoms with Crippen LogP contribution in [0.5, 0.6) is 0 Å². The van der Waals surface area contributed by atoms with Crippen molar-refractivity contribution >= 4 is 13.8 Å². The summed E-state index contributed by atoms with van der Waals surface area (Å²) in [5.74, 6) is 0.244. The Kier molecular flexibility index (Phi) is 6.08. The van der Waals surface area contributed by atoms with Crippen LogP contribution in [0.3, 0.4) is 0 Å². The van der Waals surface area contributed by atoms with Crippen LogP contribution in [-0.4, -0.2) is 31.2 Å².